The molecule has 1 aliphatic heterocycles. The summed E-state index contributed by atoms with van der Waals surface area (Å²) < 4.78 is 1.84. The summed E-state index contributed by atoms with van der Waals surface area (Å²) in [6, 6.07) is 1.63. The Morgan fingerprint density at radius 2 is 1.47 bits per heavy atom. The summed E-state index contributed by atoms with van der Waals surface area (Å²) >= 11 is -1.36. The summed E-state index contributed by atoms with van der Waals surface area (Å²) in [4.78, 5) is 4.76. The maximum absolute atomic E-state index is 5.32. The van der Waals surface area contributed by atoms with E-state index in [1.165, 1.54) is 25.7 Å². The predicted molar refractivity (Wildman–Crippen MR) is 75.7 cm³/mol. The Labute approximate surface area is 120 Å². The monoisotopic (exact) mass is 368 g/mol. The van der Waals surface area contributed by atoms with Crippen molar-refractivity contribution in [3.63, 3.8) is 0 Å². The standard InChI is InChI=1S/C9H17N2.C2H4.CH3.2ClH.Ru/c1-10-7-11(2)9-6-4-3-5-8(9)10;1-2;;;;/h7-9H,3-6H2,1-2H3;1H,2H3;1H3;2*1H;/q-1;;-1;;;+2/p-2. The van der Waals surface area contributed by atoms with E-state index in [1.54, 1.807) is 0 Å². The van der Waals surface area contributed by atoms with Gasteiger partial charge in [-0.15, -0.1) is 0 Å². The van der Waals surface area contributed by atoms with Crippen molar-refractivity contribution in [1.29, 1.82) is 0 Å². The Balaban J connectivity index is 0.000000373. The van der Waals surface area contributed by atoms with Gasteiger partial charge in [-0.1, -0.05) is 12.8 Å². The predicted octanol–water partition coefficient (Wildman–Crippen LogP) is 3.48. The van der Waals surface area contributed by atoms with Crippen LogP contribution in [0.15, 0.2) is 0 Å². The summed E-state index contributed by atoms with van der Waals surface area (Å²) in [6.07, 6.45) is 5.63. The van der Waals surface area contributed by atoms with Crippen LogP contribution in [-0.4, -0.2) is 40.6 Å². The average molecular weight is 368 g/mol. The summed E-state index contributed by atoms with van der Waals surface area (Å²) in [6.45, 7) is 4.12. The summed E-state index contributed by atoms with van der Waals surface area (Å²) in [5.41, 5.74) is 0. The van der Waals surface area contributed by atoms with E-state index in [4.69, 9.17) is 19.4 Å². The molecule has 2 atom stereocenters. The molecule has 0 N–H and O–H groups in total. The van der Waals surface area contributed by atoms with Gasteiger partial charge in [0.15, 0.2) is 0 Å². The van der Waals surface area contributed by atoms with Gasteiger partial charge in [0.2, 0.25) is 0 Å². The van der Waals surface area contributed by atoms with Crippen molar-refractivity contribution in [2.24, 2.45) is 0 Å². The Kier molecular flexibility index (Phi) is 9.51. The molecule has 1 heterocycles. The molecule has 1 saturated heterocycles. The zero-order chi connectivity index (χ0) is 12.1. The van der Waals surface area contributed by atoms with Crippen LogP contribution < -0.4 is 0 Å². The smallest absolute Gasteiger partial charge is 0.358 e. The molecule has 5 heteroatoms. The van der Waals surface area contributed by atoms with Crippen LogP contribution in [0, 0.1) is 14.1 Å². The fraction of sp³-hybridized carbons (Fsp3) is 0.750. The molecule has 2 nitrogen and oxygen atoms in total. The minimum Gasteiger partial charge on any atom is -0.358 e. The van der Waals surface area contributed by atoms with Gasteiger partial charge in [0.25, 0.3) is 0 Å². The number of rotatable bonds is 0. The second kappa shape index (κ2) is 8.99. The fourth-order valence-electron chi connectivity index (χ4n) is 2.50. The first-order valence-electron chi connectivity index (χ1n) is 5.63. The molecule has 0 spiro atoms. The number of fused-ring (bicyclic) bond motifs is 1. The van der Waals surface area contributed by atoms with Crippen LogP contribution in [-0.2, 0) is 13.5 Å². The third-order valence-electron chi connectivity index (χ3n) is 3.26. The van der Waals surface area contributed by atoms with Gasteiger partial charge in [0.1, 0.15) is 0 Å². The van der Waals surface area contributed by atoms with Gasteiger partial charge in [0.05, 0.1) is 0 Å². The van der Waals surface area contributed by atoms with Crippen molar-refractivity contribution in [2.45, 2.75) is 44.7 Å². The minimum atomic E-state index is -1.36. The molecule has 106 valence electrons. The molecule has 0 aromatic rings. The summed E-state index contributed by atoms with van der Waals surface area (Å²) in [7, 11) is 15.0. The number of hydrogen-bond acceptors (Lipinski definition) is 2. The summed E-state index contributed by atoms with van der Waals surface area (Å²) in [5.74, 6) is 0. The molecule has 2 fully saturated rings. The van der Waals surface area contributed by atoms with Crippen LogP contribution in [0.25, 0.3) is 0 Å². The Bertz CT molecular complexity index is 229. The van der Waals surface area contributed by atoms with Gasteiger partial charge in [-0.25, -0.2) is 6.67 Å². The summed E-state index contributed by atoms with van der Waals surface area (Å²) in [5, 5.41) is 0. The normalized spacial score (nSPS) is 29.6. The molecule has 2 rings (SSSR count). The molecule has 0 radical (unpaired) electrons. The first-order chi connectivity index (χ1) is 7.56. The third kappa shape index (κ3) is 5.65. The van der Waals surface area contributed by atoms with E-state index in [0.29, 0.717) is 0 Å². The molecular weight excluding hydrogens is 344 g/mol. The van der Waals surface area contributed by atoms with E-state index in [-0.39, 0.29) is 7.43 Å². The number of hydrogen-bond donors (Lipinski definition) is 0. The van der Waals surface area contributed by atoms with Crippen LogP contribution in [0.1, 0.15) is 32.6 Å². The molecule has 2 unspecified atom stereocenters. The Morgan fingerprint density at radius 1 is 1.12 bits per heavy atom. The van der Waals surface area contributed by atoms with Crippen LogP contribution in [0.3, 0.4) is 0 Å². The van der Waals surface area contributed by atoms with E-state index in [1.807, 2.05) is 11.5 Å². The molecule has 2 aliphatic rings. The van der Waals surface area contributed by atoms with Crippen LogP contribution >= 0.6 is 19.4 Å². The minimum absolute atomic E-state index is 0. The molecule has 0 bridgehead atoms. The number of nitrogens with zero attached hydrogens (tertiary/aromatic N) is 2. The number of halogens is 2. The largest absolute Gasteiger partial charge is 0.358 e. The van der Waals surface area contributed by atoms with E-state index in [9.17, 15) is 0 Å². The molecule has 1 aliphatic carbocycles. The Hall–Kier alpha value is 0.993. The fourth-order valence-corrected chi connectivity index (χ4v) is 2.50. The van der Waals surface area contributed by atoms with E-state index in [0.717, 1.165) is 12.1 Å². The van der Waals surface area contributed by atoms with Crippen molar-refractivity contribution >= 4 is 24.0 Å². The zero-order valence-electron chi connectivity index (χ0n) is 11.1. The van der Waals surface area contributed by atoms with Gasteiger partial charge >= 0.3 is 44.4 Å². The quantitative estimate of drug-likeness (QED) is 0.477. The first kappa shape index (κ1) is 18.0. The second-order valence-corrected chi connectivity index (χ2v) is 10.5. The van der Waals surface area contributed by atoms with Gasteiger partial charge in [-0.2, -0.15) is 0 Å². The van der Waals surface area contributed by atoms with Crippen molar-refractivity contribution in [3.05, 3.63) is 14.1 Å². The van der Waals surface area contributed by atoms with E-state index in [2.05, 4.69) is 30.6 Å². The second-order valence-electron chi connectivity index (χ2n) is 4.27. The first-order valence-corrected chi connectivity index (χ1v) is 11.1. The van der Waals surface area contributed by atoms with Crippen molar-refractivity contribution in [1.82, 2.24) is 9.80 Å². The molecule has 17 heavy (non-hydrogen) atoms. The van der Waals surface area contributed by atoms with Crippen LogP contribution in [0.4, 0.5) is 0 Å². The van der Waals surface area contributed by atoms with Crippen molar-refractivity contribution in [2.75, 3.05) is 14.1 Å². The van der Waals surface area contributed by atoms with Crippen molar-refractivity contribution in [3.8, 4) is 0 Å². The topological polar surface area (TPSA) is 6.48 Å². The van der Waals surface area contributed by atoms with E-state index >= 15 is 0 Å². The molecule has 0 amide bonds. The zero-order valence-corrected chi connectivity index (χ0v) is 14.4. The van der Waals surface area contributed by atoms with Gasteiger partial charge < -0.3 is 17.2 Å². The third-order valence-corrected chi connectivity index (χ3v) is 5.84. The van der Waals surface area contributed by atoms with E-state index < -0.39 is 13.5 Å². The SMILES string of the molecule is CN1[CH-]N(C)C2CCCCC21.C[CH]=[Ru]([Cl])[Cl].[CH3-]. The number of likely N-dealkylation sites (N-methyl/N-ethyl adjacent to an activating group) is 2. The molecule has 0 aromatic carbocycles. The maximum atomic E-state index is 5.32. The van der Waals surface area contributed by atoms with Gasteiger partial charge in [0, 0.05) is 0 Å². The molecular formula is C12H24Cl2N2Ru-2. The van der Waals surface area contributed by atoms with Crippen LogP contribution in [0.5, 0.6) is 0 Å². The van der Waals surface area contributed by atoms with Crippen LogP contribution in [0.2, 0.25) is 0 Å². The van der Waals surface area contributed by atoms with Gasteiger partial charge in [-0.3, -0.25) is 0 Å². The Morgan fingerprint density at radius 3 is 1.76 bits per heavy atom. The van der Waals surface area contributed by atoms with Crippen molar-refractivity contribution < 1.29 is 13.5 Å². The molecule has 0 aromatic heterocycles. The maximum Gasteiger partial charge on any atom is -0.358 e. The average Bonchev–Trinajstić information content (AvgIpc) is 2.56. The van der Waals surface area contributed by atoms with Gasteiger partial charge in [-0.05, 0) is 39.0 Å². The molecule has 1 saturated carbocycles.